The molecule has 0 amide bonds. The molecule has 174 valence electrons. The number of nitrogens with zero attached hydrogens (tertiary/aromatic N) is 7. The molecule has 1 saturated heterocycles. The molecule has 0 spiro atoms. The maximum absolute atomic E-state index is 6.52. The molecule has 0 bridgehead atoms. The van der Waals surface area contributed by atoms with Gasteiger partial charge in [0.15, 0.2) is 0 Å². The first-order chi connectivity index (χ1) is 16.5. The fourth-order valence-corrected chi connectivity index (χ4v) is 5.30. The lowest BCUT2D eigenvalue weighted by Gasteiger charge is -2.28. The van der Waals surface area contributed by atoms with Crippen molar-refractivity contribution in [2.45, 2.75) is 25.4 Å². The summed E-state index contributed by atoms with van der Waals surface area (Å²) in [5.74, 6) is 1.82. The van der Waals surface area contributed by atoms with E-state index >= 15 is 0 Å². The van der Waals surface area contributed by atoms with Crippen molar-refractivity contribution in [3.8, 4) is 22.5 Å². The summed E-state index contributed by atoms with van der Waals surface area (Å²) < 4.78 is 4.20. The van der Waals surface area contributed by atoms with Gasteiger partial charge >= 0.3 is 0 Å². The van der Waals surface area contributed by atoms with Gasteiger partial charge in [0.1, 0.15) is 17.3 Å². The van der Waals surface area contributed by atoms with E-state index in [1.807, 2.05) is 29.2 Å². The number of hydrogen-bond donors (Lipinski definition) is 1. The summed E-state index contributed by atoms with van der Waals surface area (Å²) in [6, 6.07) is 8.04. The molecular weight excluding hydrogens is 471 g/mol. The number of likely N-dealkylation sites (tertiary alicyclic amines) is 1. The predicted molar refractivity (Wildman–Crippen MR) is 134 cm³/mol. The first-order valence-electron chi connectivity index (χ1n) is 11.4. The van der Waals surface area contributed by atoms with Crippen LogP contribution in [0, 0.1) is 0 Å². The monoisotopic (exact) mass is 494 g/mol. The van der Waals surface area contributed by atoms with Crippen LogP contribution < -0.4 is 10.9 Å². The van der Waals surface area contributed by atoms with Crippen LogP contribution in [0.5, 0.6) is 0 Å². The van der Waals surface area contributed by atoms with Crippen LogP contribution in [-0.2, 0) is 6.54 Å². The lowest BCUT2D eigenvalue weighted by Crippen LogP contribution is -2.31. The molecule has 4 aliphatic rings. The predicted octanol–water partition coefficient (Wildman–Crippen LogP) is 4.48. The van der Waals surface area contributed by atoms with Gasteiger partial charge < -0.3 is 14.8 Å². The molecule has 4 aliphatic heterocycles. The third-order valence-corrected chi connectivity index (χ3v) is 7.14. The summed E-state index contributed by atoms with van der Waals surface area (Å²) in [4.78, 5) is 16.3. The Labute approximate surface area is 207 Å². The Balaban J connectivity index is 1.38. The first kappa shape index (κ1) is 21.6. The highest BCUT2D eigenvalue weighted by molar-refractivity contribution is 6.36. The summed E-state index contributed by atoms with van der Waals surface area (Å²) in [6.45, 7) is 3.79. The summed E-state index contributed by atoms with van der Waals surface area (Å²) >= 11 is 12.6. The van der Waals surface area contributed by atoms with E-state index in [4.69, 9.17) is 28.2 Å². The Kier molecular flexibility index (Phi) is 5.51. The Hall–Kier alpha value is -2.94. The quantitative estimate of drug-likeness (QED) is 0.454. The molecule has 0 atom stereocenters. The first-order valence-corrected chi connectivity index (χ1v) is 12.2. The molecule has 1 aromatic carbocycles. The van der Waals surface area contributed by atoms with Crippen molar-refractivity contribution in [1.82, 2.24) is 29.2 Å². The second kappa shape index (κ2) is 8.69. The van der Waals surface area contributed by atoms with Gasteiger partial charge in [-0.25, -0.2) is 9.98 Å². The van der Waals surface area contributed by atoms with E-state index in [0.717, 1.165) is 73.0 Å². The van der Waals surface area contributed by atoms with Gasteiger partial charge in [-0.15, -0.1) is 0 Å². The van der Waals surface area contributed by atoms with E-state index in [1.165, 1.54) is 0 Å². The fourth-order valence-electron chi connectivity index (χ4n) is 4.79. The molecule has 6 rings (SSSR count). The number of rotatable bonds is 3. The van der Waals surface area contributed by atoms with Crippen LogP contribution in [0.1, 0.15) is 18.9 Å². The van der Waals surface area contributed by atoms with Gasteiger partial charge in [0.25, 0.3) is 5.62 Å². The van der Waals surface area contributed by atoms with Crippen LogP contribution in [0.25, 0.3) is 22.5 Å². The third-order valence-electron chi connectivity index (χ3n) is 6.59. The summed E-state index contributed by atoms with van der Waals surface area (Å²) in [6.07, 6.45) is 7.80. The second-order valence-electron chi connectivity index (χ2n) is 8.88. The van der Waals surface area contributed by atoms with Crippen LogP contribution in [0.15, 0.2) is 47.8 Å². The van der Waals surface area contributed by atoms with Gasteiger partial charge in [-0.1, -0.05) is 29.3 Å². The zero-order valence-electron chi connectivity index (χ0n) is 18.7. The average molecular weight is 495 g/mol. The summed E-state index contributed by atoms with van der Waals surface area (Å²) in [5, 5.41) is 9.25. The van der Waals surface area contributed by atoms with Crippen LogP contribution >= 0.6 is 23.2 Å². The number of hydrogen-bond acceptors (Lipinski definition) is 6. The minimum absolute atomic E-state index is 0.417. The summed E-state index contributed by atoms with van der Waals surface area (Å²) in [5.41, 5.74) is 4.03. The van der Waals surface area contributed by atoms with E-state index in [0.29, 0.717) is 21.7 Å². The average Bonchev–Trinajstić information content (AvgIpc) is 3.50. The van der Waals surface area contributed by atoms with Crippen molar-refractivity contribution in [1.29, 1.82) is 0 Å². The minimum atomic E-state index is 0.417. The normalized spacial score (nSPS) is 17.3. The van der Waals surface area contributed by atoms with Crippen molar-refractivity contribution < 1.29 is 0 Å². The zero-order valence-corrected chi connectivity index (χ0v) is 20.3. The molecule has 8 nitrogen and oxygen atoms in total. The van der Waals surface area contributed by atoms with Crippen molar-refractivity contribution in [2.75, 3.05) is 32.0 Å². The van der Waals surface area contributed by atoms with Gasteiger partial charge in [0.05, 0.1) is 23.5 Å². The van der Waals surface area contributed by atoms with Crippen LogP contribution in [-0.4, -0.2) is 55.9 Å². The van der Waals surface area contributed by atoms with E-state index in [9.17, 15) is 0 Å². The molecule has 34 heavy (non-hydrogen) atoms. The van der Waals surface area contributed by atoms with Gasteiger partial charge in [-0.3, -0.25) is 4.68 Å². The standard InChI is InChI=1S/C24H24Cl2N8/c1-32-7-4-18(5-8-32)34-14-17(13-29-34)30-24-28-12-15-10-20(19-3-2-16(25)11-21(19)26)23-27-6-9-33(23)22(15)31-24/h2-3,10-14,18,27H,4-9H2,1H3. The van der Waals surface area contributed by atoms with Crippen LogP contribution in [0.4, 0.5) is 11.5 Å². The molecule has 0 saturated carbocycles. The molecule has 10 heteroatoms. The highest BCUT2D eigenvalue weighted by Gasteiger charge is 2.23. The second-order valence-corrected chi connectivity index (χ2v) is 9.73. The number of halogens is 2. The van der Waals surface area contributed by atoms with Crippen LogP contribution in [0.2, 0.25) is 10.0 Å². The van der Waals surface area contributed by atoms with E-state index < -0.39 is 0 Å². The number of nitrogens with one attached hydrogen (secondary N) is 1. The lowest BCUT2D eigenvalue weighted by atomic mass is 10.0. The highest BCUT2D eigenvalue weighted by Crippen LogP contribution is 2.40. The number of anilines is 1. The Bertz CT molecular complexity index is 1400. The molecule has 5 heterocycles. The molecule has 2 aromatic rings. The molecule has 1 aromatic heterocycles. The minimum Gasteiger partial charge on any atom is -0.369 e. The molecule has 0 unspecified atom stereocenters. The lowest BCUT2D eigenvalue weighted by molar-refractivity contribution is 0.212. The van der Waals surface area contributed by atoms with E-state index in [1.54, 1.807) is 12.3 Å². The summed E-state index contributed by atoms with van der Waals surface area (Å²) in [7, 11) is 2.16. The van der Waals surface area contributed by atoms with Gasteiger partial charge in [-0.2, -0.15) is 10.1 Å². The van der Waals surface area contributed by atoms with Crippen molar-refractivity contribution in [3.05, 3.63) is 58.5 Å². The maximum Gasteiger partial charge on any atom is 0.251 e. The van der Waals surface area contributed by atoms with Crippen molar-refractivity contribution in [3.63, 3.8) is 0 Å². The number of fused-ring (bicyclic) bond motifs is 3. The number of aromatic nitrogens is 5. The zero-order chi connectivity index (χ0) is 23.2. The van der Waals surface area contributed by atoms with Gasteiger partial charge in [0, 0.05) is 41.0 Å². The molecule has 0 radical (unpaired) electrons. The molecule has 1 N–H and O–H groups in total. The van der Waals surface area contributed by atoms with Gasteiger partial charge in [-0.05, 0) is 51.2 Å². The van der Waals surface area contributed by atoms with E-state index in [-0.39, 0.29) is 0 Å². The van der Waals surface area contributed by atoms with E-state index in [2.05, 4.69) is 43.0 Å². The van der Waals surface area contributed by atoms with Crippen molar-refractivity contribution in [2.24, 2.45) is 4.99 Å². The topological polar surface area (TPSA) is 76.2 Å². The molecule has 0 aliphatic carbocycles. The third kappa shape index (κ3) is 3.96. The van der Waals surface area contributed by atoms with Crippen molar-refractivity contribution >= 4 is 34.7 Å². The molecule has 1 fully saturated rings. The number of benzene rings is 1. The molecular formula is C24H24Cl2N8. The highest BCUT2D eigenvalue weighted by atomic mass is 35.5. The SMILES string of the molecule is CN1CCC(n2cc(N=c3ncc4cc(-c5ccc(Cl)cc5Cl)c5n(c-4n3)CCN5)cn2)CC1. The number of pyridine rings is 1. The maximum atomic E-state index is 6.52. The fraction of sp³-hybridized carbons (Fsp3) is 0.333. The largest absolute Gasteiger partial charge is 0.369 e. The van der Waals surface area contributed by atoms with Gasteiger partial charge in [0.2, 0.25) is 0 Å². The Morgan fingerprint density at radius 3 is 2.74 bits per heavy atom. The number of piperidine rings is 1. The Morgan fingerprint density at radius 1 is 1.06 bits per heavy atom. The smallest absolute Gasteiger partial charge is 0.251 e. The Morgan fingerprint density at radius 2 is 1.91 bits per heavy atom. The van der Waals surface area contributed by atoms with Crippen LogP contribution in [0.3, 0.4) is 0 Å².